The molecule has 2 amide bonds. The van der Waals surface area contributed by atoms with Crippen LogP contribution in [-0.4, -0.2) is 36.0 Å². The van der Waals surface area contributed by atoms with Crippen molar-refractivity contribution in [2.75, 3.05) is 6.61 Å². The van der Waals surface area contributed by atoms with Gasteiger partial charge in [-0.3, -0.25) is 9.59 Å². The summed E-state index contributed by atoms with van der Waals surface area (Å²) in [5, 5.41) is 14.7. The van der Waals surface area contributed by atoms with Crippen LogP contribution in [0.4, 0.5) is 0 Å². The van der Waals surface area contributed by atoms with Gasteiger partial charge in [0, 0.05) is 5.56 Å². The molecule has 1 aromatic carbocycles. The number of ether oxygens (including phenoxy) is 1. The summed E-state index contributed by atoms with van der Waals surface area (Å²) >= 11 is 0. The van der Waals surface area contributed by atoms with Crippen molar-refractivity contribution >= 4 is 17.8 Å². The first-order valence-electron chi connectivity index (χ1n) is 10.7. The van der Waals surface area contributed by atoms with Gasteiger partial charge in [0.1, 0.15) is 11.6 Å². The van der Waals surface area contributed by atoms with E-state index in [2.05, 4.69) is 37.5 Å². The van der Waals surface area contributed by atoms with Crippen LogP contribution >= 0.6 is 0 Å². The summed E-state index contributed by atoms with van der Waals surface area (Å²) in [4.78, 5) is 37.4. The van der Waals surface area contributed by atoms with Crippen LogP contribution < -0.4 is 10.6 Å². The Balaban J connectivity index is 1.95. The largest absolute Gasteiger partial charge is 0.454 e. The number of nitrogens with one attached hydrogen (secondary N) is 2. The number of nitrogens with zero attached hydrogens (tertiary/aromatic N) is 1. The van der Waals surface area contributed by atoms with E-state index in [1.807, 2.05) is 12.1 Å². The van der Waals surface area contributed by atoms with E-state index in [4.69, 9.17) is 4.74 Å². The highest BCUT2D eigenvalue weighted by Crippen LogP contribution is 2.39. The molecule has 0 unspecified atom stereocenters. The van der Waals surface area contributed by atoms with E-state index >= 15 is 0 Å². The minimum Gasteiger partial charge on any atom is -0.454 e. The van der Waals surface area contributed by atoms with Crippen LogP contribution in [0.5, 0.6) is 0 Å². The van der Waals surface area contributed by atoms with Crippen LogP contribution in [-0.2, 0) is 19.7 Å². The first-order chi connectivity index (χ1) is 14.4. The summed E-state index contributed by atoms with van der Waals surface area (Å²) < 4.78 is 5.14. The highest BCUT2D eigenvalue weighted by molar-refractivity contribution is 5.97. The number of esters is 1. The van der Waals surface area contributed by atoms with Crippen molar-refractivity contribution < 1.29 is 19.1 Å². The summed E-state index contributed by atoms with van der Waals surface area (Å²) in [6.45, 7) is 11.0. The van der Waals surface area contributed by atoms with Gasteiger partial charge in [0.2, 0.25) is 0 Å². The van der Waals surface area contributed by atoms with Gasteiger partial charge < -0.3 is 15.4 Å². The Morgan fingerprint density at radius 2 is 1.71 bits per heavy atom. The molecule has 0 aromatic heterocycles. The molecule has 1 aliphatic rings. The molecular weight excluding hydrogens is 394 g/mol. The van der Waals surface area contributed by atoms with Crippen molar-refractivity contribution in [2.24, 2.45) is 11.8 Å². The van der Waals surface area contributed by atoms with Crippen molar-refractivity contribution in [2.45, 2.75) is 71.4 Å². The Kier molecular flexibility index (Phi) is 7.48. The zero-order chi connectivity index (χ0) is 23.4. The van der Waals surface area contributed by atoms with Crippen LogP contribution in [0.3, 0.4) is 0 Å². The molecule has 168 valence electrons. The molecule has 0 heterocycles. The molecule has 1 aromatic rings. The van der Waals surface area contributed by atoms with Gasteiger partial charge in [-0.25, -0.2) is 4.79 Å². The molecule has 0 spiro atoms. The topological polar surface area (TPSA) is 108 Å². The molecule has 1 aliphatic carbocycles. The molecule has 2 N–H and O–H groups in total. The molecule has 1 saturated carbocycles. The first kappa shape index (κ1) is 24.4. The maximum absolute atomic E-state index is 12.6. The standard InChI is InChI=1S/C24H33N3O4/c1-15(2)20(26-21(29)16-7-9-17(10-8-16)23(3,4)5)22(30)31-13-19(28)27-24(6,14-25)18-11-12-18/h7-10,15,18,20H,11-13H2,1-6H3,(H,26,29)(H,27,28)/t20-,24-/m0/s1. The molecule has 2 atom stereocenters. The fourth-order valence-corrected chi connectivity index (χ4v) is 3.28. The highest BCUT2D eigenvalue weighted by Gasteiger charge is 2.43. The average molecular weight is 428 g/mol. The summed E-state index contributed by atoms with van der Waals surface area (Å²) in [5.41, 5.74) is 0.568. The van der Waals surface area contributed by atoms with Gasteiger partial charge in [0.05, 0.1) is 6.07 Å². The molecule has 0 aliphatic heterocycles. The lowest BCUT2D eigenvalue weighted by atomic mass is 9.86. The van der Waals surface area contributed by atoms with E-state index in [9.17, 15) is 19.6 Å². The Morgan fingerprint density at radius 1 is 1.13 bits per heavy atom. The lowest BCUT2D eigenvalue weighted by Gasteiger charge is -2.24. The van der Waals surface area contributed by atoms with E-state index < -0.39 is 30.1 Å². The third kappa shape index (κ3) is 6.55. The predicted molar refractivity (Wildman–Crippen MR) is 117 cm³/mol. The van der Waals surface area contributed by atoms with Crippen molar-refractivity contribution in [1.29, 1.82) is 5.26 Å². The van der Waals surface area contributed by atoms with Gasteiger partial charge in [-0.2, -0.15) is 5.26 Å². The smallest absolute Gasteiger partial charge is 0.329 e. The fraction of sp³-hybridized carbons (Fsp3) is 0.583. The summed E-state index contributed by atoms with van der Waals surface area (Å²) in [5.74, 6) is -1.70. The predicted octanol–water partition coefficient (Wildman–Crippen LogP) is 3.09. The third-order valence-electron chi connectivity index (χ3n) is 5.59. The Labute approximate surface area is 184 Å². The van der Waals surface area contributed by atoms with Gasteiger partial charge in [-0.1, -0.05) is 46.8 Å². The van der Waals surface area contributed by atoms with Gasteiger partial charge in [0.25, 0.3) is 11.8 Å². The maximum atomic E-state index is 12.6. The van der Waals surface area contributed by atoms with Crippen molar-refractivity contribution in [3.63, 3.8) is 0 Å². The van der Waals surface area contributed by atoms with Crippen molar-refractivity contribution in [3.8, 4) is 6.07 Å². The highest BCUT2D eigenvalue weighted by atomic mass is 16.5. The van der Waals surface area contributed by atoms with Gasteiger partial charge in [0.15, 0.2) is 6.61 Å². The Morgan fingerprint density at radius 3 is 2.16 bits per heavy atom. The first-order valence-corrected chi connectivity index (χ1v) is 10.7. The lowest BCUT2D eigenvalue weighted by molar-refractivity contribution is -0.151. The van der Waals surface area contributed by atoms with Crippen LogP contribution in [0.15, 0.2) is 24.3 Å². The molecule has 2 rings (SSSR count). The van der Waals surface area contributed by atoms with Crippen LogP contribution in [0.1, 0.15) is 70.3 Å². The molecule has 1 fully saturated rings. The molecule has 31 heavy (non-hydrogen) atoms. The normalized spacial score (nSPS) is 16.6. The molecule has 0 radical (unpaired) electrons. The van der Waals surface area contributed by atoms with Crippen LogP contribution in [0.25, 0.3) is 0 Å². The Bertz CT molecular complexity index is 860. The van der Waals surface area contributed by atoms with E-state index in [1.54, 1.807) is 32.9 Å². The van der Waals surface area contributed by atoms with E-state index in [-0.39, 0.29) is 23.2 Å². The minimum absolute atomic E-state index is 0.0268. The maximum Gasteiger partial charge on any atom is 0.329 e. The monoisotopic (exact) mass is 427 g/mol. The Hall–Kier alpha value is -2.88. The number of amides is 2. The number of hydrogen-bond acceptors (Lipinski definition) is 5. The number of carbonyl (C=O) groups is 3. The minimum atomic E-state index is -0.950. The van der Waals surface area contributed by atoms with Gasteiger partial charge in [-0.15, -0.1) is 0 Å². The number of hydrogen-bond donors (Lipinski definition) is 2. The van der Waals surface area contributed by atoms with Gasteiger partial charge in [-0.05, 0) is 54.7 Å². The zero-order valence-electron chi connectivity index (χ0n) is 19.2. The quantitative estimate of drug-likeness (QED) is 0.620. The molecular formula is C24H33N3O4. The zero-order valence-corrected chi connectivity index (χ0v) is 19.2. The summed E-state index contributed by atoms with van der Waals surface area (Å²) in [6, 6.07) is 8.48. The van der Waals surface area contributed by atoms with Crippen molar-refractivity contribution in [1.82, 2.24) is 10.6 Å². The fourth-order valence-electron chi connectivity index (χ4n) is 3.28. The van der Waals surface area contributed by atoms with Crippen LogP contribution in [0.2, 0.25) is 0 Å². The number of rotatable bonds is 8. The summed E-state index contributed by atoms with van der Waals surface area (Å²) in [7, 11) is 0. The molecule has 0 bridgehead atoms. The average Bonchev–Trinajstić information content (AvgIpc) is 3.55. The second-order valence-corrected chi connectivity index (χ2v) is 9.77. The van der Waals surface area contributed by atoms with E-state index in [0.29, 0.717) is 5.56 Å². The van der Waals surface area contributed by atoms with E-state index in [1.165, 1.54) is 0 Å². The number of nitriles is 1. The van der Waals surface area contributed by atoms with Gasteiger partial charge >= 0.3 is 5.97 Å². The molecule has 7 heteroatoms. The van der Waals surface area contributed by atoms with E-state index in [0.717, 1.165) is 18.4 Å². The van der Waals surface area contributed by atoms with Crippen LogP contribution in [0, 0.1) is 23.2 Å². The molecule has 7 nitrogen and oxygen atoms in total. The van der Waals surface area contributed by atoms with Crippen molar-refractivity contribution in [3.05, 3.63) is 35.4 Å². The second-order valence-electron chi connectivity index (χ2n) is 9.77. The second kappa shape index (κ2) is 9.51. The SMILES string of the molecule is CC(C)[C@H](NC(=O)c1ccc(C(C)(C)C)cc1)C(=O)OCC(=O)N[C@@](C)(C#N)C1CC1. The summed E-state index contributed by atoms with van der Waals surface area (Å²) in [6.07, 6.45) is 1.78. The number of benzene rings is 1. The third-order valence-corrected chi connectivity index (χ3v) is 5.59. The lowest BCUT2D eigenvalue weighted by Crippen LogP contribution is -2.49. The molecule has 0 saturated heterocycles. The number of carbonyl (C=O) groups excluding carboxylic acids is 3.